The number of hydrogen-bond acceptors (Lipinski definition) is 5. The fourth-order valence-electron chi connectivity index (χ4n) is 2.16. The van der Waals surface area contributed by atoms with Crippen molar-refractivity contribution >= 4 is 33.8 Å². The number of nitrogens with two attached hydrogens (primary N) is 1. The Kier molecular flexibility index (Phi) is 4.17. The quantitative estimate of drug-likeness (QED) is 0.694. The maximum Gasteiger partial charge on any atom is 0.191 e. The Morgan fingerprint density at radius 2 is 2.10 bits per heavy atom. The lowest BCUT2D eigenvalue weighted by molar-refractivity contribution is 0.380. The number of anilines is 1. The highest BCUT2D eigenvalue weighted by atomic mass is 32.1. The topological polar surface area (TPSA) is 57.8 Å². The Labute approximate surface area is 126 Å². The summed E-state index contributed by atoms with van der Waals surface area (Å²) in [7, 11) is 0. The molecule has 0 aliphatic carbocycles. The summed E-state index contributed by atoms with van der Waals surface area (Å²) in [6, 6.07) is 4.13. The van der Waals surface area contributed by atoms with Crippen LogP contribution in [-0.2, 0) is 6.54 Å². The SMILES string of the molecule is NC(=NCc1cccs1)N1CCN(c2nccs2)CC1. The predicted octanol–water partition coefficient (Wildman–Crippen LogP) is 1.84. The molecule has 0 unspecified atom stereocenters. The molecule has 0 atom stereocenters. The molecule has 1 saturated heterocycles. The third-order valence-electron chi connectivity index (χ3n) is 3.27. The maximum atomic E-state index is 6.08. The van der Waals surface area contributed by atoms with Crippen LogP contribution in [0.2, 0.25) is 0 Å². The van der Waals surface area contributed by atoms with Gasteiger partial charge in [-0.15, -0.1) is 22.7 Å². The van der Waals surface area contributed by atoms with E-state index in [0.717, 1.165) is 31.3 Å². The van der Waals surface area contributed by atoms with E-state index in [1.807, 2.05) is 17.6 Å². The van der Waals surface area contributed by atoms with E-state index < -0.39 is 0 Å². The molecule has 5 nitrogen and oxygen atoms in total. The van der Waals surface area contributed by atoms with E-state index in [0.29, 0.717) is 12.5 Å². The van der Waals surface area contributed by atoms with Crippen LogP contribution in [0.3, 0.4) is 0 Å². The minimum Gasteiger partial charge on any atom is -0.370 e. The first-order valence-electron chi connectivity index (χ1n) is 6.54. The third kappa shape index (κ3) is 3.10. The normalized spacial score (nSPS) is 16.7. The zero-order valence-electron chi connectivity index (χ0n) is 11.1. The fraction of sp³-hybridized carbons (Fsp3) is 0.385. The van der Waals surface area contributed by atoms with Crippen LogP contribution in [-0.4, -0.2) is 42.0 Å². The van der Waals surface area contributed by atoms with Gasteiger partial charge in [-0.25, -0.2) is 9.98 Å². The highest BCUT2D eigenvalue weighted by molar-refractivity contribution is 7.13. The van der Waals surface area contributed by atoms with Crippen LogP contribution in [0.1, 0.15) is 4.88 Å². The van der Waals surface area contributed by atoms with E-state index in [1.165, 1.54) is 4.88 Å². The van der Waals surface area contributed by atoms with Gasteiger partial charge in [-0.2, -0.15) is 0 Å². The molecule has 3 heterocycles. The van der Waals surface area contributed by atoms with E-state index in [-0.39, 0.29) is 0 Å². The zero-order chi connectivity index (χ0) is 13.8. The van der Waals surface area contributed by atoms with Gasteiger partial charge in [0, 0.05) is 42.6 Å². The lowest BCUT2D eigenvalue weighted by Gasteiger charge is -2.35. The van der Waals surface area contributed by atoms with Crippen molar-refractivity contribution in [2.24, 2.45) is 10.7 Å². The predicted molar refractivity (Wildman–Crippen MR) is 85.5 cm³/mol. The number of aliphatic imine (C=N–C) groups is 1. The van der Waals surface area contributed by atoms with E-state index in [2.05, 4.69) is 31.2 Å². The van der Waals surface area contributed by atoms with Crippen molar-refractivity contribution in [2.45, 2.75) is 6.54 Å². The van der Waals surface area contributed by atoms with Crippen molar-refractivity contribution in [3.05, 3.63) is 34.0 Å². The van der Waals surface area contributed by atoms with Crippen molar-refractivity contribution in [1.82, 2.24) is 9.88 Å². The number of piperazine rings is 1. The summed E-state index contributed by atoms with van der Waals surface area (Å²) in [5.74, 6) is 0.650. The summed E-state index contributed by atoms with van der Waals surface area (Å²) in [4.78, 5) is 14.5. The van der Waals surface area contributed by atoms with Crippen LogP contribution < -0.4 is 10.6 Å². The van der Waals surface area contributed by atoms with Crippen molar-refractivity contribution in [3.63, 3.8) is 0 Å². The van der Waals surface area contributed by atoms with Gasteiger partial charge in [-0.05, 0) is 11.4 Å². The Hall–Kier alpha value is -1.60. The van der Waals surface area contributed by atoms with Gasteiger partial charge in [0.1, 0.15) is 0 Å². The monoisotopic (exact) mass is 307 g/mol. The lowest BCUT2D eigenvalue weighted by Crippen LogP contribution is -2.51. The largest absolute Gasteiger partial charge is 0.370 e. The number of nitrogens with zero attached hydrogens (tertiary/aromatic N) is 4. The number of hydrogen-bond donors (Lipinski definition) is 1. The molecule has 2 aromatic rings. The molecule has 1 aliphatic heterocycles. The van der Waals surface area contributed by atoms with E-state index in [9.17, 15) is 0 Å². The van der Waals surface area contributed by atoms with Crippen LogP contribution in [0.25, 0.3) is 0 Å². The first kappa shape index (κ1) is 13.4. The van der Waals surface area contributed by atoms with E-state index >= 15 is 0 Å². The Balaban J connectivity index is 1.53. The second kappa shape index (κ2) is 6.23. The first-order valence-corrected chi connectivity index (χ1v) is 8.30. The summed E-state index contributed by atoms with van der Waals surface area (Å²) in [5, 5.41) is 5.17. The molecule has 1 fully saturated rings. The van der Waals surface area contributed by atoms with Crippen LogP contribution >= 0.6 is 22.7 Å². The Bertz CT molecular complexity index is 541. The Morgan fingerprint density at radius 1 is 1.25 bits per heavy atom. The molecule has 106 valence electrons. The summed E-state index contributed by atoms with van der Waals surface area (Å²) in [6.45, 7) is 4.38. The molecule has 0 saturated carbocycles. The number of thiazole rings is 1. The van der Waals surface area contributed by atoms with Gasteiger partial charge in [0.25, 0.3) is 0 Å². The smallest absolute Gasteiger partial charge is 0.191 e. The number of thiophene rings is 1. The number of rotatable bonds is 3. The van der Waals surface area contributed by atoms with Crippen LogP contribution in [0.15, 0.2) is 34.1 Å². The average Bonchev–Trinajstić information content (AvgIpc) is 3.18. The number of guanidine groups is 1. The maximum absolute atomic E-state index is 6.08. The van der Waals surface area contributed by atoms with Crippen LogP contribution in [0.5, 0.6) is 0 Å². The molecule has 0 radical (unpaired) electrons. The number of aromatic nitrogens is 1. The lowest BCUT2D eigenvalue weighted by atomic mass is 10.3. The summed E-state index contributed by atoms with van der Waals surface area (Å²) in [5.41, 5.74) is 6.08. The van der Waals surface area contributed by atoms with Gasteiger partial charge in [-0.3, -0.25) is 0 Å². The Morgan fingerprint density at radius 3 is 2.75 bits per heavy atom. The summed E-state index contributed by atoms with van der Waals surface area (Å²) < 4.78 is 0. The molecule has 2 aromatic heterocycles. The highest BCUT2D eigenvalue weighted by Crippen LogP contribution is 2.18. The van der Waals surface area contributed by atoms with Crippen molar-refractivity contribution in [1.29, 1.82) is 0 Å². The molecule has 3 rings (SSSR count). The van der Waals surface area contributed by atoms with Gasteiger partial charge in [0.15, 0.2) is 11.1 Å². The molecule has 0 amide bonds. The molecule has 20 heavy (non-hydrogen) atoms. The second-order valence-electron chi connectivity index (χ2n) is 4.54. The summed E-state index contributed by atoms with van der Waals surface area (Å²) in [6.07, 6.45) is 1.85. The standard InChI is InChI=1S/C13H17N5S2/c14-12(16-10-11-2-1-8-19-11)17-4-6-18(7-5-17)13-15-3-9-20-13/h1-3,8-9H,4-7,10H2,(H2,14,16). The molecule has 2 N–H and O–H groups in total. The summed E-state index contributed by atoms with van der Waals surface area (Å²) >= 11 is 3.40. The second-order valence-corrected chi connectivity index (χ2v) is 6.45. The van der Waals surface area contributed by atoms with Gasteiger partial charge in [0.2, 0.25) is 0 Å². The highest BCUT2D eigenvalue weighted by Gasteiger charge is 2.19. The average molecular weight is 307 g/mol. The first-order chi connectivity index (χ1) is 9.83. The van der Waals surface area contributed by atoms with Gasteiger partial charge < -0.3 is 15.5 Å². The molecular weight excluding hydrogens is 290 g/mol. The van der Waals surface area contributed by atoms with Crippen molar-refractivity contribution in [3.8, 4) is 0 Å². The molecule has 7 heteroatoms. The zero-order valence-corrected chi connectivity index (χ0v) is 12.7. The van der Waals surface area contributed by atoms with Gasteiger partial charge in [-0.1, -0.05) is 6.07 Å². The third-order valence-corrected chi connectivity index (χ3v) is 4.96. The minimum atomic E-state index is 0.650. The van der Waals surface area contributed by atoms with Gasteiger partial charge in [0.05, 0.1) is 6.54 Å². The van der Waals surface area contributed by atoms with Gasteiger partial charge >= 0.3 is 0 Å². The minimum absolute atomic E-state index is 0.650. The van der Waals surface area contributed by atoms with Crippen molar-refractivity contribution < 1.29 is 0 Å². The molecule has 0 spiro atoms. The molecule has 1 aliphatic rings. The van der Waals surface area contributed by atoms with Crippen molar-refractivity contribution in [2.75, 3.05) is 31.1 Å². The van der Waals surface area contributed by atoms with Crippen LogP contribution in [0.4, 0.5) is 5.13 Å². The fourth-order valence-corrected chi connectivity index (χ4v) is 3.49. The molecular formula is C13H17N5S2. The molecule has 0 aromatic carbocycles. The van der Waals surface area contributed by atoms with E-state index in [4.69, 9.17) is 5.73 Å². The molecule has 0 bridgehead atoms. The van der Waals surface area contributed by atoms with Crippen LogP contribution in [0, 0.1) is 0 Å². The van der Waals surface area contributed by atoms with E-state index in [1.54, 1.807) is 22.7 Å².